The number of aliphatic carboxylic acids is 1. The van der Waals surface area contributed by atoms with E-state index in [1.807, 2.05) is 0 Å². The van der Waals surface area contributed by atoms with Crippen molar-refractivity contribution in [1.29, 1.82) is 0 Å². The number of hydrogen-bond acceptors (Lipinski definition) is 5. The zero-order valence-electron chi connectivity index (χ0n) is 9.12. The number of aromatic amines is 1. The third-order valence-corrected chi connectivity index (χ3v) is 2.32. The van der Waals surface area contributed by atoms with Crippen LogP contribution in [0.1, 0.15) is 10.4 Å². The summed E-state index contributed by atoms with van der Waals surface area (Å²) in [5.74, 6) is -1.93. The van der Waals surface area contributed by atoms with Crippen LogP contribution in [0.2, 0.25) is 0 Å². The lowest BCUT2D eigenvalue weighted by molar-refractivity contribution is -0.140. The van der Waals surface area contributed by atoms with Crippen molar-refractivity contribution in [2.45, 2.75) is 6.04 Å². The second-order valence-electron chi connectivity index (χ2n) is 3.54. The standard InChI is InChI=1S/C10H10N4O4/c15-3-7(10(17)18)14-9(16)5-1-6-8(11-2-5)13-4-12-6/h1-2,4,7,15H,3H2,(H,14,16)(H,17,18)(H,11,12,13)/t7-/m0/s1. The molecule has 0 radical (unpaired) electrons. The lowest BCUT2D eigenvalue weighted by Crippen LogP contribution is -2.43. The summed E-state index contributed by atoms with van der Waals surface area (Å²) in [5, 5.41) is 19.7. The minimum Gasteiger partial charge on any atom is -0.480 e. The van der Waals surface area contributed by atoms with Crippen LogP contribution in [0.5, 0.6) is 0 Å². The number of aromatic nitrogens is 3. The van der Waals surface area contributed by atoms with Crippen molar-refractivity contribution in [2.24, 2.45) is 0 Å². The monoisotopic (exact) mass is 250 g/mol. The van der Waals surface area contributed by atoms with Gasteiger partial charge in [0.15, 0.2) is 11.7 Å². The van der Waals surface area contributed by atoms with Crippen LogP contribution >= 0.6 is 0 Å². The quantitative estimate of drug-likeness (QED) is 0.558. The first-order chi connectivity index (χ1) is 8.61. The molecule has 4 N–H and O–H groups in total. The van der Waals surface area contributed by atoms with Crippen molar-refractivity contribution < 1.29 is 19.8 Å². The van der Waals surface area contributed by atoms with Crippen LogP contribution in [-0.4, -0.2) is 49.7 Å². The van der Waals surface area contributed by atoms with Gasteiger partial charge in [0.25, 0.3) is 5.91 Å². The minimum atomic E-state index is -1.34. The Balaban J connectivity index is 2.19. The van der Waals surface area contributed by atoms with E-state index in [2.05, 4.69) is 20.3 Å². The molecular formula is C10H10N4O4. The maximum Gasteiger partial charge on any atom is 0.328 e. The number of imidazole rings is 1. The highest BCUT2D eigenvalue weighted by atomic mass is 16.4. The summed E-state index contributed by atoms with van der Waals surface area (Å²) in [4.78, 5) is 33.0. The van der Waals surface area contributed by atoms with Gasteiger partial charge in [0.2, 0.25) is 0 Å². The summed E-state index contributed by atoms with van der Waals surface area (Å²) in [6.45, 7) is -0.680. The fraction of sp³-hybridized carbons (Fsp3) is 0.200. The average Bonchev–Trinajstić information content (AvgIpc) is 2.82. The van der Waals surface area contributed by atoms with E-state index >= 15 is 0 Å². The molecule has 0 aromatic carbocycles. The SMILES string of the molecule is O=C(N[C@@H](CO)C(=O)O)c1cnc2nc[nH]c2c1. The third kappa shape index (κ3) is 2.28. The van der Waals surface area contributed by atoms with E-state index in [-0.39, 0.29) is 5.56 Å². The zero-order valence-corrected chi connectivity index (χ0v) is 9.12. The molecular weight excluding hydrogens is 240 g/mol. The van der Waals surface area contributed by atoms with Crippen LogP contribution in [0.4, 0.5) is 0 Å². The molecule has 8 nitrogen and oxygen atoms in total. The molecule has 0 fully saturated rings. The summed E-state index contributed by atoms with van der Waals surface area (Å²) in [6.07, 6.45) is 2.72. The predicted molar refractivity (Wildman–Crippen MR) is 59.9 cm³/mol. The first-order valence-corrected chi connectivity index (χ1v) is 5.05. The largest absolute Gasteiger partial charge is 0.480 e. The second-order valence-corrected chi connectivity index (χ2v) is 3.54. The average molecular weight is 250 g/mol. The van der Waals surface area contributed by atoms with E-state index in [9.17, 15) is 9.59 Å². The molecule has 0 aliphatic heterocycles. The number of amides is 1. The Morgan fingerprint density at radius 1 is 1.44 bits per heavy atom. The summed E-state index contributed by atoms with van der Waals surface area (Å²) < 4.78 is 0. The van der Waals surface area contributed by atoms with Crippen LogP contribution < -0.4 is 5.32 Å². The molecule has 2 aromatic rings. The second kappa shape index (κ2) is 4.80. The van der Waals surface area contributed by atoms with Crippen LogP contribution in [0.25, 0.3) is 11.2 Å². The van der Waals surface area contributed by atoms with Crippen LogP contribution in [0.3, 0.4) is 0 Å². The predicted octanol–water partition coefficient (Wildman–Crippen LogP) is -0.867. The molecule has 0 saturated carbocycles. The number of carbonyl (C=O) groups excluding carboxylic acids is 1. The number of hydrogen-bond donors (Lipinski definition) is 4. The molecule has 1 atom stereocenters. The molecule has 1 amide bonds. The van der Waals surface area contributed by atoms with E-state index < -0.39 is 24.5 Å². The number of aliphatic hydroxyl groups excluding tert-OH is 1. The first kappa shape index (κ1) is 12.0. The Morgan fingerprint density at radius 3 is 2.89 bits per heavy atom. The highest BCUT2D eigenvalue weighted by molar-refractivity contribution is 5.98. The van der Waals surface area contributed by atoms with E-state index in [0.29, 0.717) is 11.2 Å². The van der Waals surface area contributed by atoms with Gasteiger partial charge in [-0.05, 0) is 6.07 Å². The van der Waals surface area contributed by atoms with Crippen LogP contribution in [-0.2, 0) is 4.79 Å². The molecule has 18 heavy (non-hydrogen) atoms. The Hall–Kier alpha value is -2.48. The smallest absolute Gasteiger partial charge is 0.328 e. The van der Waals surface area contributed by atoms with Gasteiger partial charge in [0.1, 0.15) is 0 Å². The Kier molecular flexibility index (Phi) is 3.20. The zero-order chi connectivity index (χ0) is 13.1. The summed E-state index contributed by atoms with van der Waals surface area (Å²) >= 11 is 0. The molecule has 0 aliphatic rings. The van der Waals surface area contributed by atoms with Gasteiger partial charge < -0.3 is 20.5 Å². The number of fused-ring (bicyclic) bond motifs is 1. The Labute approximate surface area is 101 Å². The van der Waals surface area contributed by atoms with Crippen LogP contribution in [0.15, 0.2) is 18.6 Å². The first-order valence-electron chi connectivity index (χ1n) is 5.05. The van der Waals surface area contributed by atoms with Crippen molar-refractivity contribution in [3.63, 3.8) is 0 Å². The van der Waals surface area contributed by atoms with E-state index in [1.165, 1.54) is 18.6 Å². The number of pyridine rings is 1. The van der Waals surface area contributed by atoms with E-state index in [1.54, 1.807) is 0 Å². The van der Waals surface area contributed by atoms with Crippen molar-refractivity contribution in [1.82, 2.24) is 20.3 Å². The molecule has 0 bridgehead atoms. The molecule has 2 heterocycles. The fourth-order valence-electron chi connectivity index (χ4n) is 1.38. The lowest BCUT2D eigenvalue weighted by Gasteiger charge is -2.11. The Morgan fingerprint density at radius 2 is 2.22 bits per heavy atom. The van der Waals surface area contributed by atoms with Gasteiger partial charge in [-0.25, -0.2) is 14.8 Å². The van der Waals surface area contributed by atoms with Crippen molar-refractivity contribution >= 4 is 23.0 Å². The normalized spacial score (nSPS) is 12.3. The van der Waals surface area contributed by atoms with Gasteiger partial charge in [0.05, 0.1) is 24.0 Å². The molecule has 0 saturated heterocycles. The van der Waals surface area contributed by atoms with Gasteiger partial charge in [0, 0.05) is 6.20 Å². The van der Waals surface area contributed by atoms with E-state index in [4.69, 9.17) is 10.2 Å². The van der Waals surface area contributed by atoms with E-state index in [0.717, 1.165) is 0 Å². The van der Waals surface area contributed by atoms with Gasteiger partial charge in [-0.2, -0.15) is 0 Å². The molecule has 2 rings (SSSR count). The number of H-pyrrole nitrogens is 1. The number of carboxylic acid groups (broad SMARTS) is 1. The highest BCUT2D eigenvalue weighted by Crippen LogP contribution is 2.08. The maximum atomic E-state index is 11.7. The van der Waals surface area contributed by atoms with Crippen molar-refractivity contribution in [3.05, 3.63) is 24.2 Å². The molecule has 0 spiro atoms. The van der Waals surface area contributed by atoms with Gasteiger partial charge in [-0.1, -0.05) is 0 Å². The van der Waals surface area contributed by atoms with Crippen LogP contribution in [0, 0.1) is 0 Å². The van der Waals surface area contributed by atoms with Gasteiger partial charge in [-0.3, -0.25) is 4.79 Å². The number of rotatable bonds is 4. The molecule has 8 heteroatoms. The summed E-state index contributed by atoms with van der Waals surface area (Å²) in [6, 6.07) is 0.163. The summed E-state index contributed by atoms with van der Waals surface area (Å²) in [7, 11) is 0. The fourth-order valence-corrected chi connectivity index (χ4v) is 1.38. The van der Waals surface area contributed by atoms with Gasteiger partial charge >= 0.3 is 5.97 Å². The molecule has 2 aromatic heterocycles. The number of aliphatic hydroxyl groups is 1. The summed E-state index contributed by atoms with van der Waals surface area (Å²) in [5.41, 5.74) is 1.22. The number of carboxylic acids is 1. The third-order valence-electron chi connectivity index (χ3n) is 2.32. The maximum absolute atomic E-state index is 11.7. The Bertz CT molecular complexity index is 594. The lowest BCUT2D eigenvalue weighted by atomic mass is 10.2. The number of nitrogens with zero attached hydrogens (tertiary/aromatic N) is 2. The van der Waals surface area contributed by atoms with Crippen molar-refractivity contribution in [3.8, 4) is 0 Å². The number of nitrogens with one attached hydrogen (secondary N) is 2. The molecule has 0 aliphatic carbocycles. The number of carbonyl (C=O) groups is 2. The van der Waals surface area contributed by atoms with Gasteiger partial charge in [-0.15, -0.1) is 0 Å². The van der Waals surface area contributed by atoms with Crippen molar-refractivity contribution in [2.75, 3.05) is 6.61 Å². The highest BCUT2D eigenvalue weighted by Gasteiger charge is 2.19. The topological polar surface area (TPSA) is 128 Å². The minimum absolute atomic E-state index is 0.187. The molecule has 0 unspecified atom stereocenters. The molecule has 94 valence electrons.